The second kappa shape index (κ2) is 8.65. The number of hydrogen-bond acceptors (Lipinski definition) is 1. The highest BCUT2D eigenvalue weighted by Crippen LogP contribution is 2.30. The molecule has 0 saturated heterocycles. The third kappa shape index (κ3) is 5.26. The number of unbranched alkanes of at least 4 members (excludes halogenated alkanes) is 1. The summed E-state index contributed by atoms with van der Waals surface area (Å²) >= 11 is 1.91. The van der Waals surface area contributed by atoms with Gasteiger partial charge in [-0.2, -0.15) is 0 Å². The minimum Gasteiger partial charge on any atom is -0.0949 e. The van der Waals surface area contributed by atoms with E-state index < -0.39 is 0 Å². The lowest BCUT2D eigenvalue weighted by atomic mass is 10.1. The molecule has 0 amide bonds. The Kier molecular flexibility index (Phi) is 6.46. The fraction of sp³-hybridized carbons (Fsp3) is 0.263. The molecule has 20 heavy (non-hydrogen) atoms. The van der Waals surface area contributed by atoms with Crippen LogP contribution in [0.5, 0.6) is 0 Å². The Morgan fingerprint density at radius 2 is 1.60 bits per heavy atom. The number of rotatable bonds is 7. The van der Waals surface area contributed by atoms with Crippen LogP contribution in [0.3, 0.4) is 0 Å². The minimum atomic E-state index is 1.03. The second-order valence-corrected chi connectivity index (χ2v) is 6.08. The molecule has 2 aromatic carbocycles. The van der Waals surface area contributed by atoms with Gasteiger partial charge in [-0.25, -0.2) is 0 Å². The third-order valence-electron chi connectivity index (χ3n) is 3.18. The molecule has 0 N–H and O–H groups in total. The van der Waals surface area contributed by atoms with Crippen molar-refractivity contribution in [2.75, 3.05) is 0 Å². The van der Waals surface area contributed by atoms with E-state index in [0.29, 0.717) is 0 Å². The SMILES string of the molecule is CCCC/C(=C/Cc1ccccc1)Sc1ccccc1. The molecule has 0 saturated carbocycles. The normalized spacial score (nSPS) is 11.6. The van der Waals surface area contributed by atoms with Crippen molar-refractivity contribution in [3.8, 4) is 0 Å². The van der Waals surface area contributed by atoms with Gasteiger partial charge in [-0.1, -0.05) is 79.7 Å². The van der Waals surface area contributed by atoms with Gasteiger partial charge in [0.2, 0.25) is 0 Å². The molecule has 104 valence electrons. The van der Waals surface area contributed by atoms with Gasteiger partial charge in [0.05, 0.1) is 0 Å². The summed E-state index contributed by atoms with van der Waals surface area (Å²) in [6.07, 6.45) is 7.11. The molecule has 0 nitrogen and oxygen atoms in total. The highest BCUT2D eigenvalue weighted by Gasteiger charge is 2.01. The average Bonchev–Trinajstić information content (AvgIpc) is 2.52. The van der Waals surface area contributed by atoms with Crippen LogP contribution in [0.15, 0.2) is 76.5 Å². The van der Waals surface area contributed by atoms with Crippen LogP contribution in [0.4, 0.5) is 0 Å². The number of allylic oxidation sites excluding steroid dienone is 2. The topological polar surface area (TPSA) is 0 Å². The first-order chi connectivity index (χ1) is 9.88. The Balaban J connectivity index is 2.02. The Morgan fingerprint density at radius 3 is 2.25 bits per heavy atom. The Hall–Kier alpha value is -1.47. The zero-order valence-electron chi connectivity index (χ0n) is 12.1. The van der Waals surface area contributed by atoms with Gasteiger partial charge in [-0.15, -0.1) is 0 Å². The van der Waals surface area contributed by atoms with E-state index in [2.05, 4.69) is 73.7 Å². The molecule has 0 aliphatic rings. The zero-order valence-corrected chi connectivity index (χ0v) is 12.9. The van der Waals surface area contributed by atoms with Gasteiger partial charge in [0.1, 0.15) is 0 Å². The lowest BCUT2D eigenvalue weighted by molar-refractivity contribution is 0.806. The maximum Gasteiger partial charge on any atom is 0.0118 e. The van der Waals surface area contributed by atoms with E-state index in [1.54, 1.807) is 0 Å². The maximum atomic E-state index is 2.39. The highest BCUT2D eigenvalue weighted by atomic mass is 32.2. The smallest absolute Gasteiger partial charge is 0.0118 e. The van der Waals surface area contributed by atoms with Gasteiger partial charge < -0.3 is 0 Å². The van der Waals surface area contributed by atoms with Crippen molar-refractivity contribution in [2.24, 2.45) is 0 Å². The molecule has 0 aromatic heterocycles. The molecule has 0 unspecified atom stereocenters. The first kappa shape index (κ1) is 14.9. The van der Waals surface area contributed by atoms with Crippen LogP contribution in [0.1, 0.15) is 31.7 Å². The van der Waals surface area contributed by atoms with E-state index in [1.807, 2.05) is 11.8 Å². The van der Waals surface area contributed by atoms with Crippen LogP contribution in [0.2, 0.25) is 0 Å². The average molecular weight is 282 g/mol. The van der Waals surface area contributed by atoms with Crippen LogP contribution in [-0.4, -0.2) is 0 Å². The van der Waals surface area contributed by atoms with E-state index in [-0.39, 0.29) is 0 Å². The van der Waals surface area contributed by atoms with Gasteiger partial charge in [0, 0.05) is 4.90 Å². The standard InChI is InChI=1S/C19H22S/c1-2-3-12-19(20-18-13-8-5-9-14-18)16-15-17-10-6-4-7-11-17/h4-11,13-14,16H,2-3,12,15H2,1H3/b19-16-. The number of thioether (sulfide) groups is 1. The summed E-state index contributed by atoms with van der Waals surface area (Å²) in [4.78, 5) is 2.82. The molecule has 0 heterocycles. The van der Waals surface area contributed by atoms with Gasteiger partial charge in [-0.3, -0.25) is 0 Å². The predicted molar refractivity (Wildman–Crippen MR) is 90.1 cm³/mol. The van der Waals surface area contributed by atoms with Gasteiger partial charge in [-0.05, 0) is 41.9 Å². The van der Waals surface area contributed by atoms with Crippen LogP contribution in [0.25, 0.3) is 0 Å². The van der Waals surface area contributed by atoms with E-state index in [1.165, 1.54) is 34.6 Å². The summed E-state index contributed by atoms with van der Waals surface area (Å²) in [7, 11) is 0. The molecule has 0 bridgehead atoms. The molecule has 1 heteroatoms. The maximum absolute atomic E-state index is 2.39. The van der Waals surface area contributed by atoms with Crippen molar-refractivity contribution >= 4 is 11.8 Å². The fourth-order valence-electron chi connectivity index (χ4n) is 2.03. The van der Waals surface area contributed by atoms with Crippen LogP contribution < -0.4 is 0 Å². The molecular weight excluding hydrogens is 260 g/mol. The van der Waals surface area contributed by atoms with E-state index in [0.717, 1.165) is 6.42 Å². The van der Waals surface area contributed by atoms with Crippen molar-refractivity contribution in [3.05, 3.63) is 77.2 Å². The minimum absolute atomic E-state index is 1.03. The number of benzene rings is 2. The molecule has 0 atom stereocenters. The molecule has 0 spiro atoms. The molecular formula is C19H22S. The second-order valence-electron chi connectivity index (χ2n) is 4.88. The molecule has 0 radical (unpaired) electrons. The lowest BCUT2D eigenvalue weighted by Crippen LogP contribution is -1.85. The van der Waals surface area contributed by atoms with Crippen molar-refractivity contribution in [3.63, 3.8) is 0 Å². The quantitative estimate of drug-likeness (QED) is 0.553. The van der Waals surface area contributed by atoms with Gasteiger partial charge in [0.15, 0.2) is 0 Å². The van der Waals surface area contributed by atoms with Crippen molar-refractivity contribution in [2.45, 2.75) is 37.5 Å². The van der Waals surface area contributed by atoms with Crippen molar-refractivity contribution < 1.29 is 0 Å². The summed E-state index contributed by atoms with van der Waals surface area (Å²) in [6, 6.07) is 21.3. The molecule has 0 fully saturated rings. The fourth-order valence-corrected chi connectivity index (χ4v) is 3.04. The monoisotopic (exact) mass is 282 g/mol. The van der Waals surface area contributed by atoms with Crippen LogP contribution in [-0.2, 0) is 6.42 Å². The summed E-state index contributed by atoms with van der Waals surface area (Å²) in [5.41, 5.74) is 1.38. The zero-order chi connectivity index (χ0) is 14.0. The predicted octanol–water partition coefficient (Wildman–Crippen LogP) is 6.10. The molecule has 2 aromatic rings. The lowest BCUT2D eigenvalue weighted by Gasteiger charge is -2.07. The van der Waals surface area contributed by atoms with Crippen LogP contribution >= 0.6 is 11.8 Å². The first-order valence-electron chi connectivity index (χ1n) is 7.34. The van der Waals surface area contributed by atoms with E-state index in [4.69, 9.17) is 0 Å². The Morgan fingerprint density at radius 1 is 0.950 bits per heavy atom. The Bertz CT molecular complexity index is 514. The van der Waals surface area contributed by atoms with Gasteiger partial charge >= 0.3 is 0 Å². The van der Waals surface area contributed by atoms with Crippen molar-refractivity contribution in [1.82, 2.24) is 0 Å². The summed E-state index contributed by atoms with van der Waals surface area (Å²) in [6.45, 7) is 2.25. The van der Waals surface area contributed by atoms with E-state index in [9.17, 15) is 0 Å². The van der Waals surface area contributed by atoms with Crippen molar-refractivity contribution in [1.29, 1.82) is 0 Å². The van der Waals surface area contributed by atoms with E-state index >= 15 is 0 Å². The summed E-state index contributed by atoms with van der Waals surface area (Å²) < 4.78 is 0. The number of hydrogen-bond donors (Lipinski definition) is 0. The third-order valence-corrected chi connectivity index (χ3v) is 4.32. The summed E-state index contributed by atoms with van der Waals surface area (Å²) in [5, 5.41) is 0. The van der Waals surface area contributed by atoms with Gasteiger partial charge in [0.25, 0.3) is 0 Å². The molecule has 0 aliphatic heterocycles. The highest BCUT2D eigenvalue weighted by molar-refractivity contribution is 8.03. The Labute approximate surface area is 126 Å². The molecule has 0 aliphatic carbocycles. The summed E-state index contributed by atoms with van der Waals surface area (Å²) in [5.74, 6) is 0. The van der Waals surface area contributed by atoms with Crippen LogP contribution in [0, 0.1) is 0 Å². The first-order valence-corrected chi connectivity index (χ1v) is 8.16. The molecule has 2 rings (SSSR count). The largest absolute Gasteiger partial charge is 0.0949 e.